The SMILES string of the molecule is COc1cc(OC)cc(N2C(=O)C3CC(NC(=O)c4ccc(F)c(Cl)c4)CCN3C2=O)c1. The van der Waals surface area contributed by atoms with E-state index in [0.717, 1.165) is 11.0 Å². The molecule has 8 nitrogen and oxygen atoms in total. The summed E-state index contributed by atoms with van der Waals surface area (Å²) >= 11 is 5.76. The minimum absolute atomic E-state index is 0.145. The summed E-state index contributed by atoms with van der Waals surface area (Å²) in [7, 11) is 2.97. The molecule has 2 aromatic rings. The molecule has 2 unspecified atom stereocenters. The molecule has 0 aliphatic carbocycles. The Kier molecular flexibility index (Phi) is 5.92. The number of amides is 4. The fraction of sp³-hybridized carbons (Fsp3) is 0.318. The molecule has 0 aromatic heterocycles. The lowest BCUT2D eigenvalue weighted by Crippen LogP contribution is -2.49. The third-order valence-electron chi connectivity index (χ3n) is 5.66. The van der Waals surface area contributed by atoms with E-state index < -0.39 is 23.8 Å². The Bertz CT molecular complexity index is 1070. The first kappa shape index (κ1) is 21.9. The standard InChI is InChI=1S/C22H21ClFN3O5/c1-31-15-9-14(10-16(11-15)32-2)27-21(29)19-8-13(5-6-26(19)22(27)30)25-20(28)12-3-4-18(24)17(23)7-12/h3-4,7,9-11,13,19H,5-6,8H2,1-2H3,(H,25,28). The summed E-state index contributed by atoms with van der Waals surface area (Å²) in [5, 5.41) is 2.71. The number of piperidine rings is 1. The van der Waals surface area contributed by atoms with Crippen molar-refractivity contribution in [2.75, 3.05) is 25.7 Å². The number of imide groups is 1. The molecule has 0 radical (unpaired) electrons. The molecule has 10 heteroatoms. The summed E-state index contributed by atoms with van der Waals surface area (Å²) in [6.07, 6.45) is 0.744. The number of hydrogen-bond acceptors (Lipinski definition) is 5. The van der Waals surface area contributed by atoms with Crippen molar-refractivity contribution in [3.8, 4) is 11.5 Å². The molecule has 0 saturated carbocycles. The number of halogens is 2. The topological polar surface area (TPSA) is 88.2 Å². The number of fused-ring (bicyclic) bond motifs is 1. The number of carbonyl (C=O) groups is 3. The van der Waals surface area contributed by atoms with Crippen LogP contribution in [-0.2, 0) is 4.79 Å². The van der Waals surface area contributed by atoms with Gasteiger partial charge in [-0.1, -0.05) is 11.6 Å². The van der Waals surface area contributed by atoms with E-state index in [-0.39, 0.29) is 29.0 Å². The second-order valence-electron chi connectivity index (χ2n) is 7.56. The average Bonchev–Trinajstić information content (AvgIpc) is 3.04. The van der Waals surface area contributed by atoms with E-state index in [1.54, 1.807) is 18.2 Å². The van der Waals surface area contributed by atoms with Crippen molar-refractivity contribution in [2.45, 2.75) is 24.9 Å². The second-order valence-corrected chi connectivity index (χ2v) is 7.97. The molecule has 4 rings (SSSR count). The summed E-state index contributed by atoms with van der Waals surface area (Å²) in [6.45, 7) is 0.308. The van der Waals surface area contributed by atoms with Crippen molar-refractivity contribution >= 4 is 35.1 Å². The monoisotopic (exact) mass is 461 g/mol. The molecule has 1 N–H and O–H groups in total. The van der Waals surface area contributed by atoms with Gasteiger partial charge in [-0.3, -0.25) is 9.59 Å². The Hall–Kier alpha value is -3.33. The van der Waals surface area contributed by atoms with E-state index in [0.29, 0.717) is 30.2 Å². The highest BCUT2D eigenvalue weighted by atomic mass is 35.5. The first-order chi connectivity index (χ1) is 15.3. The Labute approximate surface area is 188 Å². The molecule has 32 heavy (non-hydrogen) atoms. The van der Waals surface area contributed by atoms with Crippen molar-refractivity contribution in [3.63, 3.8) is 0 Å². The van der Waals surface area contributed by atoms with Gasteiger partial charge in [0.2, 0.25) is 0 Å². The summed E-state index contributed by atoms with van der Waals surface area (Å²) in [5.74, 6) is -0.507. The highest BCUT2D eigenvalue weighted by Gasteiger charge is 2.49. The fourth-order valence-electron chi connectivity index (χ4n) is 4.00. The quantitative estimate of drug-likeness (QED) is 0.691. The number of anilines is 1. The maximum absolute atomic E-state index is 13.4. The number of urea groups is 1. The van der Waals surface area contributed by atoms with Crippen molar-refractivity contribution in [1.29, 1.82) is 0 Å². The molecule has 2 saturated heterocycles. The number of benzene rings is 2. The first-order valence-electron chi connectivity index (χ1n) is 9.96. The predicted molar refractivity (Wildman–Crippen MR) is 115 cm³/mol. The third-order valence-corrected chi connectivity index (χ3v) is 5.95. The molecule has 168 valence electrons. The lowest BCUT2D eigenvalue weighted by molar-refractivity contribution is -0.120. The number of carbonyl (C=O) groups excluding carboxylic acids is 3. The highest BCUT2D eigenvalue weighted by Crippen LogP contribution is 2.35. The Morgan fingerprint density at radius 2 is 1.81 bits per heavy atom. The van der Waals surface area contributed by atoms with Crippen LogP contribution in [0.4, 0.5) is 14.9 Å². The van der Waals surface area contributed by atoms with Gasteiger partial charge in [0.1, 0.15) is 23.4 Å². The second kappa shape index (κ2) is 8.66. The van der Waals surface area contributed by atoms with E-state index in [9.17, 15) is 18.8 Å². The van der Waals surface area contributed by atoms with Crippen LogP contribution in [0.2, 0.25) is 5.02 Å². The molecular weight excluding hydrogens is 441 g/mol. The number of nitrogens with one attached hydrogen (secondary N) is 1. The lowest BCUT2D eigenvalue weighted by atomic mass is 9.97. The van der Waals surface area contributed by atoms with Crippen LogP contribution < -0.4 is 19.7 Å². The third kappa shape index (κ3) is 3.95. The molecule has 2 aliphatic rings. The minimum atomic E-state index is -0.699. The number of hydrogen-bond donors (Lipinski definition) is 1. The average molecular weight is 462 g/mol. The van der Waals surface area contributed by atoms with Gasteiger partial charge in [0.15, 0.2) is 0 Å². The molecular formula is C22H21ClFN3O5. The zero-order valence-electron chi connectivity index (χ0n) is 17.4. The molecule has 2 fully saturated rings. The van der Waals surface area contributed by atoms with Crippen molar-refractivity contribution < 1.29 is 28.2 Å². The van der Waals surface area contributed by atoms with Gasteiger partial charge in [-0.15, -0.1) is 0 Å². The van der Waals surface area contributed by atoms with Crippen LogP contribution in [0, 0.1) is 5.82 Å². The maximum atomic E-state index is 13.4. The Morgan fingerprint density at radius 1 is 1.12 bits per heavy atom. The molecule has 2 aromatic carbocycles. The van der Waals surface area contributed by atoms with Crippen LogP contribution >= 0.6 is 11.6 Å². The first-order valence-corrected chi connectivity index (χ1v) is 10.3. The molecule has 2 heterocycles. The fourth-order valence-corrected chi connectivity index (χ4v) is 4.18. The summed E-state index contributed by atoms with van der Waals surface area (Å²) < 4.78 is 23.8. The zero-order valence-corrected chi connectivity index (χ0v) is 18.2. The molecule has 0 spiro atoms. The van der Waals surface area contributed by atoms with Crippen molar-refractivity contribution in [2.24, 2.45) is 0 Å². The van der Waals surface area contributed by atoms with Crippen LogP contribution in [0.15, 0.2) is 36.4 Å². The maximum Gasteiger partial charge on any atom is 0.332 e. The lowest BCUT2D eigenvalue weighted by Gasteiger charge is -2.32. The van der Waals surface area contributed by atoms with Crippen LogP contribution in [0.3, 0.4) is 0 Å². The van der Waals surface area contributed by atoms with E-state index in [2.05, 4.69) is 5.32 Å². The van der Waals surface area contributed by atoms with Crippen molar-refractivity contribution in [3.05, 3.63) is 52.8 Å². The van der Waals surface area contributed by atoms with E-state index >= 15 is 0 Å². The smallest absolute Gasteiger partial charge is 0.332 e. The van der Waals surface area contributed by atoms with Gasteiger partial charge in [0.25, 0.3) is 11.8 Å². The molecule has 0 bridgehead atoms. The van der Waals surface area contributed by atoms with Gasteiger partial charge in [0, 0.05) is 36.3 Å². The Morgan fingerprint density at radius 3 is 2.44 bits per heavy atom. The summed E-state index contributed by atoms with van der Waals surface area (Å²) in [6, 6.07) is 7.10. The van der Waals surface area contributed by atoms with Gasteiger partial charge < -0.3 is 19.7 Å². The van der Waals surface area contributed by atoms with Gasteiger partial charge in [-0.2, -0.15) is 0 Å². The number of ether oxygens (including phenoxy) is 2. The van der Waals surface area contributed by atoms with Crippen molar-refractivity contribution in [1.82, 2.24) is 10.2 Å². The predicted octanol–water partition coefficient (Wildman–Crippen LogP) is 3.23. The van der Waals surface area contributed by atoms with Gasteiger partial charge >= 0.3 is 6.03 Å². The molecule has 4 amide bonds. The molecule has 2 atom stereocenters. The van der Waals surface area contributed by atoms with Gasteiger partial charge in [-0.25, -0.2) is 14.1 Å². The van der Waals surface area contributed by atoms with Crippen LogP contribution in [0.1, 0.15) is 23.2 Å². The summed E-state index contributed by atoms with van der Waals surface area (Å²) in [5.41, 5.74) is 0.574. The summed E-state index contributed by atoms with van der Waals surface area (Å²) in [4.78, 5) is 41.3. The Balaban J connectivity index is 1.51. The van der Waals surface area contributed by atoms with E-state index in [4.69, 9.17) is 21.1 Å². The number of methoxy groups -OCH3 is 2. The number of nitrogens with zero attached hydrogens (tertiary/aromatic N) is 2. The largest absolute Gasteiger partial charge is 0.497 e. The van der Waals surface area contributed by atoms with Gasteiger partial charge in [-0.05, 0) is 31.0 Å². The number of rotatable bonds is 5. The normalized spacial score (nSPS) is 20.2. The van der Waals surface area contributed by atoms with Crippen LogP contribution in [-0.4, -0.2) is 55.6 Å². The zero-order chi connectivity index (χ0) is 23.0. The van der Waals surface area contributed by atoms with E-state index in [1.807, 2.05) is 0 Å². The van der Waals surface area contributed by atoms with E-state index in [1.165, 1.54) is 31.3 Å². The molecule has 2 aliphatic heterocycles. The minimum Gasteiger partial charge on any atom is -0.497 e. The van der Waals surface area contributed by atoms with Crippen LogP contribution in [0.5, 0.6) is 11.5 Å². The van der Waals surface area contributed by atoms with Gasteiger partial charge in [0.05, 0.1) is 24.9 Å². The van der Waals surface area contributed by atoms with Crippen LogP contribution in [0.25, 0.3) is 0 Å². The highest BCUT2D eigenvalue weighted by molar-refractivity contribution is 6.31.